The number of nitrogens with zero attached hydrogens (tertiary/aromatic N) is 1. The quantitative estimate of drug-likeness (QED) is 0.366. The summed E-state index contributed by atoms with van der Waals surface area (Å²) in [4.78, 5) is 12.3. The molecule has 148 valence electrons. The Morgan fingerprint density at radius 3 is 2.28 bits per heavy atom. The normalized spacial score (nSPS) is 11.3. The molecule has 3 aromatic carbocycles. The molecule has 0 heterocycles. The molecule has 4 N–H and O–H groups in total. The predicted molar refractivity (Wildman–Crippen MR) is 109 cm³/mol. The van der Waals surface area contributed by atoms with Crippen molar-refractivity contribution in [2.75, 3.05) is 4.72 Å². The largest absolute Gasteiger partial charge is 0.508 e. The highest BCUT2D eigenvalue weighted by atomic mass is 32.2. The summed E-state index contributed by atoms with van der Waals surface area (Å²) >= 11 is 0. The Labute approximate surface area is 167 Å². The molecule has 0 aliphatic heterocycles. The van der Waals surface area contributed by atoms with Gasteiger partial charge in [-0.1, -0.05) is 18.2 Å². The Morgan fingerprint density at radius 1 is 0.931 bits per heavy atom. The number of amides is 1. The fourth-order valence-corrected chi connectivity index (χ4v) is 3.45. The van der Waals surface area contributed by atoms with Crippen LogP contribution in [0.15, 0.2) is 82.8 Å². The van der Waals surface area contributed by atoms with E-state index in [1.165, 1.54) is 54.7 Å². The van der Waals surface area contributed by atoms with E-state index in [4.69, 9.17) is 0 Å². The number of hydrogen-bond acceptors (Lipinski definition) is 6. The van der Waals surface area contributed by atoms with Crippen LogP contribution in [0.25, 0.3) is 0 Å². The number of hydrazone groups is 1. The van der Waals surface area contributed by atoms with E-state index in [9.17, 15) is 23.4 Å². The molecule has 0 atom stereocenters. The van der Waals surface area contributed by atoms with Crippen LogP contribution in [0.3, 0.4) is 0 Å². The molecule has 0 saturated heterocycles. The molecule has 0 bridgehead atoms. The Hall–Kier alpha value is -3.85. The smallest absolute Gasteiger partial charge is 0.271 e. The van der Waals surface area contributed by atoms with E-state index in [1.807, 2.05) is 0 Å². The van der Waals surface area contributed by atoms with E-state index in [-0.39, 0.29) is 22.0 Å². The Balaban J connectivity index is 1.63. The average molecular weight is 411 g/mol. The summed E-state index contributed by atoms with van der Waals surface area (Å²) in [6.45, 7) is 0. The van der Waals surface area contributed by atoms with Gasteiger partial charge in [0.25, 0.3) is 15.9 Å². The minimum Gasteiger partial charge on any atom is -0.508 e. The molecule has 0 radical (unpaired) electrons. The van der Waals surface area contributed by atoms with E-state index < -0.39 is 15.9 Å². The fourth-order valence-electron chi connectivity index (χ4n) is 2.37. The summed E-state index contributed by atoms with van der Waals surface area (Å²) in [6, 6.07) is 17.7. The number of carbonyl (C=O) groups excluding carboxylic acids is 1. The van der Waals surface area contributed by atoms with E-state index >= 15 is 0 Å². The molecule has 29 heavy (non-hydrogen) atoms. The summed E-state index contributed by atoms with van der Waals surface area (Å²) in [5.74, 6) is -0.790. The molecule has 0 aromatic heterocycles. The highest BCUT2D eigenvalue weighted by Gasteiger charge is 2.13. The lowest BCUT2D eigenvalue weighted by Gasteiger charge is -2.08. The summed E-state index contributed by atoms with van der Waals surface area (Å²) in [7, 11) is -3.71. The van der Waals surface area contributed by atoms with Crippen LogP contribution < -0.4 is 10.1 Å². The molecule has 0 unspecified atom stereocenters. The van der Waals surface area contributed by atoms with Crippen LogP contribution in [-0.4, -0.2) is 30.8 Å². The first-order valence-electron chi connectivity index (χ1n) is 8.38. The van der Waals surface area contributed by atoms with Gasteiger partial charge in [-0.15, -0.1) is 0 Å². The average Bonchev–Trinajstić information content (AvgIpc) is 2.70. The van der Waals surface area contributed by atoms with Crippen molar-refractivity contribution in [1.82, 2.24) is 5.43 Å². The van der Waals surface area contributed by atoms with E-state index in [1.54, 1.807) is 18.2 Å². The van der Waals surface area contributed by atoms with E-state index in [0.717, 1.165) is 6.07 Å². The lowest BCUT2D eigenvalue weighted by molar-refractivity contribution is 0.0955. The molecule has 1 amide bonds. The number of hydrogen-bond donors (Lipinski definition) is 4. The van der Waals surface area contributed by atoms with Crippen LogP contribution in [0.5, 0.6) is 11.5 Å². The van der Waals surface area contributed by atoms with Gasteiger partial charge in [0, 0.05) is 22.9 Å². The number of rotatable bonds is 6. The van der Waals surface area contributed by atoms with Gasteiger partial charge in [-0.05, 0) is 48.5 Å². The van der Waals surface area contributed by atoms with Crippen molar-refractivity contribution in [3.05, 3.63) is 83.9 Å². The standard InChI is InChI=1S/C20H17N3O5S/c24-17-11-8-15(19(25)12-17)13-21-22-20(26)14-6-9-16(10-7-14)23-29(27,28)18-4-2-1-3-5-18/h1-13,23-25H,(H,22,26)/b21-13-. The number of nitrogens with one attached hydrogen (secondary N) is 2. The molecule has 0 saturated carbocycles. The second-order valence-corrected chi connectivity index (χ2v) is 7.62. The van der Waals surface area contributed by atoms with Crippen LogP contribution in [-0.2, 0) is 10.0 Å². The maximum Gasteiger partial charge on any atom is 0.271 e. The topological polar surface area (TPSA) is 128 Å². The zero-order valence-electron chi connectivity index (χ0n) is 15.0. The number of phenols is 2. The molecule has 0 aliphatic carbocycles. The van der Waals surface area contributed by atoms with Crippen molar-refractivity contribution in [2.24, 2.45) is 5.10 Å². The molecule has 0 aliphatic rings. The minimum atomic E-state index is -3.71. The van der Waals surface area contributed by atoms with Crippen LogP contribution in [0.4, 0.5) is 5.69 Å². The monoisotopic (exact) mass is 411 g/mol. The highest BCUT2D eigenvalue weighted by Crippen LogP contribution is 2.21. The van der Waals surface area contributed by atoms with Gasteiger partial charge in [-0.2, -0.15) is 5.10 Å². The van der Waals surface area contributed by atoms with Gasteiger partial charge in [0.05, 0.1) is 11.1 Å². The number of benzene rings is 3. The zero-order chi connectivity index (χ0) is 20.9. The molecule has 3 aromatic rings. The van der Waals surface area contributed by atoms with E-state index in [0.29, 0.717) is 11.3 Å². The second-order valence-electron chi connectivity index (χ2n) is 5.94. The maximum absolute atomic E-state index is 12.3. The molecule has 0 spiro atoms. The fraction of sp³-hybridized carbons (Fsp3) is 0. The predicted octanol–water partition coefficient (Wildman–Crippen LogP) is 2.66. The van der Waals surface area contributed by atoms with Crippen molar-refractivity contribution < 1.29 is 23.4 Å². The van der Waals surface area contributed by atoms with Crippen molar-refractivity contribution in [3.63, 3.8) is 0 Å². The number of anilines is 1. The minimum absolute atomic E-state index is 0.0911. The molecular weight excluding hydrogens is 394 g/mol. The second kappa shape index (κ2) is 8.44. The Morgan fingerprint density at radius 2 is 1.62 bits per heavy atom. The van der Waals surface area contributed by atoms with Gasteiger partial charge >= 0.3 is 0 Å². The first-order valence-corrected chi connectivity index (χ1v) is 9.87. The first-order chi connectivity index (χ1) is 13.8. The van der Waals surface area contributed by atoms with E-state index in [2.05, 4.69) is 15.2 Å². The molecule has 9 heteroatoms. The van der Waals surface area contributed by atoms with Crippen LogP contribution in [0.1, 0.15) is 15.9 Å². The summed E-state index contributed by atoms with van der Waals surface area (Å²) < 4.78 is 27.0. The third-order valence-electron chi connectivity index (χ3n) is 3.84. The van der Waals surface area contributed by atoms with Crippen LogP contribution >= 0.6 is 0 Å². The van der Waals surface area contributed by atoms with Gasteiger partial charge < -0.3 is 10.2 Å². The number of phenolic OH excluding ortho intramolecular Hbond substituents is 2. The Bertz CT molecular complexity index is 1140. The summed E-state index contributed by atoms with van der Waals surface area (Å²) in [5, 5.41) is 22.7. The van der Waals surface area contributed by atoms with Gasteiger partial charge in [-0.25, -0.2) is 13.8 Å². The molecule has 0 fully saturated rings. The highest BCUT2D eigenvalue weighted by molar-refractivity contribution is 7.92. The zero-order valence-corrected chi connectivity index (χ0v) is 15.8. The number of aromatic hydroxyl groups is 2. The molecule has 8 nitrogen and oxygen atoms in total. The van der Waals surface area contributed by atoms with Gasteiger partial charge in [0.15, 0.2) is 0 Å². The lowest BCUT2D eigenvalue weighted by Crippen LogP contribution is -2.18. The van der Waals surface area contributed by atoms with Crippen molar-refractivity contribution in [2.45, 2.75) is 4.90 Å². The van der Waals surface area contributed by atoms with Gasteiger partial charge in [0.1, 0.15) is 11.5 Å². The molecular formula is C20H17N3O5S. The summed E-state index contributed by atoms with van der Waals surface area (Å²) in [5.41, 5.74) is 3.19. The van der Waals surface area contributed by atoms with Crippen molar-refractivity contribution in [3.8, 4) is 11.5 Å². The van der Waals surface area contributed by atoms with Crippen LogP contribution in [0, 0.1) is 0 Å². The van der Waals surface area contributed by atoms with Crippen molar-refractivity contribution in [1.29, 1.82) is 0 Å². The number of carbonyl (C=O) groups is 1. The van der Waals surface area contributed by atoms with Gasteiger partial charge in [0.2, 0.25) is 0 Å². The van der Waals surface area contributed by atoms with Crippen LogP contribution in [0.2, 0.25) is 0 Å². The first kappa shape index (κ1) is 19.9. The lowest BCUT2D eigenvalue weighted by atomic mass is 10.2. The Kier molecular flexibility index (Phi) is 5.79. The SMILES string of the molecule is O=C(N/N=C\c1ccc(O)cc1O)c1ccc(NS(=O)(=O)c2ccccc2)cc1. The third kappa shape index (κ3) is 5.11. The third-order valence-corrected chi connectivity index (χ3v) is 5.23. The molecule has 3 rings (SSSR count). The number of sulfonamides is 1. The summed E-state index contributed by atoms with van der Waals surface area (Å²) in [6.07, 6.45) is 1.23. The van der Waals surface area contributed by atoms with Crippen molar-refractivity contribution >= 4 is 27.8 Å². The maximum atomic E-state index is 12.3. The van der Waals surface area contributed by atoms with Gasteiger partial charge in [-0.3, -0.25) is 9.52 Å².